The van der Waals surface area contributed by atoms with Crippen LogP contribution in [0.2, 0.25) is 0 Å². The molecule has 0 spiro atoms. The first-order chi connectivity index (χ1) is 15.8. The number of anilines is 1. The lowest BCUT2D eigenvalue weighted by Crippen LogP contribution is -2.31. The van der Waals surface area contributed by atoms with E-state index in [0.29, 0.717) is 23.0 Å². The van der Waals surface area contributed by atoms with Crippen LogP contribution in [-0.4, -0.2) is 14.3 Å². The summed E-state index contributed by atoms with van der Waals surface area (Å²) in [5, 5.41) is 3.73. The van der Waals surface area contributed by atoms with Crippen molar-refractivity contribution in [3.05, 3.63) is 94.5 Å². The molecule has 3 aromatic carbocycles. The molecule has 33 heavy (non-hydrogen) atoms. The molecule has 0 saturated heterocycles. The Balaban J connectivity index is 1.37. The molecule has 2 N–H and O–H groups in total. The first kappa shape index (κ1) is 21.7. The van der Waals surface area contributed by atoms with Crippen LogP contribution in [0.25, 0.3) is 0 Å². The maximum Gasteiger partial charge on any atom is 0.264 e. The second-order valence-electron chi connectivity index (χ2n) is 9.24. The topological polar surface area (TPSA) is 75.3 Å². The van der Waals surface area contributed by atoms with Crippen molar-refractivity contribution in [1.82, 2.24) is 4.72 Å². The van der Waals surface area contributed by atoms with Crippen LogP contribution in [0.15, 0.2) is 71.6 Å². The molecular weight excluding hydrogens is 432 g/mol. The molecule has 3 atom stereocenters. The first-order valence-corrected chi connectivity index (χ1v) is 12.9. The number of rotatable bonds is 4. The van der Waals surface area contributed by atoms with Crippen molar-refractivity contribution in [1.29, 1.82) is 0 Å². The lowest BCUT2D eigenvalue weighted by molar-refractivity contribution is 0.0981. The van der Waals surface area contributed by atoms with Crippen LogP contribution in [-0.2, 0) is 10.0 Å². The Labute approximate surface area is 195 Å². The molecule has 1 fully saturated rings. The standard InChI is InChI=1S/C27H28N2O3S/c1-17-10-15-24-23(16-17)21-7-5-8-22(21)26(28-24)19-11-13-20(14-12-19)27(30)29-33(31,32)25-9-4-3-6-18(25)2/h3-4,6,9-16,21-22,26,28H,5,7-8H2,1-2H3,(H,29,30)/t21-,22+,26+/m1/s1. The maximum atomic E-state index is 12.7. The number of sulfonamides is 1. The van der Waals surface area contributed by atoms with E-state index in [0.717, 1.165) is 5.56 Å². The first-order valence-electron chi connectivity index (χ1n) is 11.4. The van der Waals surface area contributed by atoms with Gasteiger partial charge in [-0.1, -0.05) is 54.4 Å². The van der Waals surface area contributed by atoms with E-state index in [2.05, 4.69) is 35.2 Å². The molecule has 1 amide bonds. The zero-order valence-electron chi connectivity index (χ0n) is 18.8. The Morgan fingerprint density at radius 2 is 1.73 bits per heavy atom. The van der Waals surface area contributed by atoms with E-state index < -0.39 is 15.9 Å². The fourth-order valence-corrected chi connectivity index (χ4v) is 6.66. The number of benzene rings is 3. The van der Waals surface area contributed by atoms with Crippen molar-refractivity contribution in [3.8, 4) is 0 Å². The molecule has 170 valence electrons. The number of aryl methyl sites for hydroxylation is 2. The SMILES string of the molecule is Cc1ccc2c(c1)[C@@H]1CCC[C@@H]1[C@H](c1ccc(C(=O)NS(=O)(=O)c3ccccc3C)cc1)N2. The normalized spacial score (nSPS) is 21.6. The zero-order chi connectivity index (χ0) is 23.2. The lowest BCUT2D eigenvalue weighted by atomic mass is 9.77. The summed E-state index contributed by atoms with van der Waals surface area (Å²) >= 11 is 0. The van der Waals surface area contributed by atoms with Crippen molar-refractivity contribution >= 4 is 21.6 Å². The maximum absolute atomic E-state index is 12.7. The van der Waals surface area contributed by atoms with Gasteiger partial charge in [-0.15, -0.1) is 0 Å². The second kappa shape index (κ2) is 8.34. The van der Waals surface area contributed by atoms with E-state index in [1.807, 2.05) is 12.1 Å². The van der Waals surface area contributed by atoms with Gasteiger partial charge in [-0.3, -0.25) is 4.79 Å². The summed E-state index contributed by atoms with van der Waals surface area (Å²) in [7, 11) is -3.93. The third kappa shape index (κ3) is 4.04. The Bertz CT molecular complexity index is 1320. The number of hydrogen-bond donors (Lipinski definition) is 2. The van der Waals surface area contributed by atoms with Gasteiger partial charge in [-0.05, 0) is 79.5 Å². The van der Waals surface area contributed by atoms with Crippen LogP contribution in [0, 0.1) is 19.8 Å². The van der Waals surface area contributed by atoms with Gasteiger partial charge in [0.15, 0.2) is 0 Å². The fraction of sp³-hybridized carbons (Fsp3) is 0.296. The third-order valence-corrected chi connectivity index (χ3v) is 8.55. The molecule has 5 rings (SSSR count). The van der Waals surface area contributed by atoms with Gasteiger partial charge in [0.2, 0.25) is 0 Å². The minimum Gasteiger partial charge on any atom is -0.378 e. The highest BCUT2D eigenvalue weighted by Gasteiger charge is 2.40. The van der Waals surface area contributed by atoms with E-state index in [-0.39, 0.29) is 10.9 Å². The molecule has 5 nitrogen and oxygen atoms in total. The summed E-state index contributed by atoms with van der Waals surface area (Å²) in [6, 6.07) is 20.7. The molecule has 1 aliphatic carbocycles. The third-order valence-electron chi connectivity index (χ3n) is 7.06. The second-order valence-corrected chi connectivity index (χ2v) is 10.9. The lowest BCUT2D eigenvalue weighted by Gasteiger charge is -2.38. The largest absolute Gasteiger partial charge is 0.378 e. The quantitative estimate of drug-likeness (QED) is 0.541. The van der Waals surface area contributed by atoms with Gasteiger partial charge in [-0.25, -0.2) is 13.1 Å². The molecular formula is C27H28N2O3S. The van der Waals surface area contributed by atoms with Gasteiger partial charge < -0.3 is 5.32 Å². The van der Waals surface area contributed by atoms with E-state index in [1.165, 1.54) is 42.1 Å². The van der Waals surface area contributed by atoms with Gasteiger partial charge in [0.25, 0.3) is 15.9 Å². The van der Waals surface area contributed by atoms with Crippen molar-refractivity contribution in [3.63, 3.8) is 0 Å². The fourth-order valence-electron chi connectivity index (χ4n) is 5.44. The monoisotopic (exact) mass is 460 g/mol. The molecule has 3 aromatic rings. The Hall–Kier alpha value is -3.12. The number of fused-ring (bicyclic) bond motifs is 3. The predicted octanol–water partition coefficient (Wildman–Crippen LogP) is 5.47. The van der Waals surface area contributed by atoms with Crippen LogP contribution >= 0.6 is 0 Å². The number of carbonyl (C=O) groups excluding carboxylic acids is 1. The minimum atomic E-state index is -3.93. The van der Waals surface area contributed by atoms with E-state index in [9.17, 15) is 13.2 Å². The molecule has 0 aromatic heterocycles. The predicted molar refractivity (Wildman–Crippen MR) is 130 cm³/mol. The Morgan fingerprint density at radius 3 is 2.48 bits per heavy atom. The summed E-state index contributed by atoms with van der Waals surface area (Å²) in [6.07, 6.45) is 3.60. The van der Waals surface area contributed by atoms with Crippen LogP contribution in [0.4, 0.5) is 5.69 Å². The highest BCUT2D eigenvalue weighted by atomic mass is 32.2. The molecule has 0 unspecified atom stereocenters. The van der Waals surface area contributed by atoms with Crippen LogP contribution < -0.4 is 10.0 Å². The summed E-state index contributed by atoms with van der Waals surface area (Å²) in [5.41, 5.74) is 5.95. The molecule has 0 bridgehead atoms. The number of hydrogen-bond acceptors (Lipinski definition) is 4. The average molecular weight is 461 g/mol. The van der Waals surface area contributed by atoms with E-state index >= 15 is 0 Å². The highest BCUT2D eigenvalue weighted by Crippen LogP contribution is 2.52. The van der Waals surface area contributed by atoms with Gasteiger partial charge >= 0.3 is 0 Å². The molecule has 0 radical (unpaired) electrons. The van der Waals surface area contributed by atoms with Crippen LogP contribution in [0.5, 0.6) is 0 Å². The molecule has 1 saturated carbocycles. The van der Waals surface area contributed by atoms with Gasteiger partial charge in [0.05, 0.1) is 10.9 Å². The number of nitrogens with one attached hydrogen (secondary N) is 2. The van der Waals surface area contributed by atoms with Crippen molar-refractivity contribution in [2.24, 2.45) is 5.92 Å². The molecule has 1 aliphatic heterocycles. The number of amides is 1. The van der Waals surface area contributed by atoms with Gasteiger partial charge in [0.1, 0.15) is 0 Å². The summed E-state index contributed by atoms with van der Waals surface area (Å²) in [6.45, 7) is 3.85. The average Bonchev–Trinajstić information content (AvgIpc) is 3.29. The van der Waals surface area contributed by atoms with Gasteiger partial charge in [-0.2, -0.15) is 0 Å². The highest BCUT2D eigenvalue weighted by molar-refractivity contribution is 7.90. The van der Waals surface area contributed by atoms with Crippen LogP contribution in [0.1, 0.15) is 63.8 Å². The van der Waals surface area contributed by atoms with Crippen molar-refractivity contribution in [2.75, 3.05) is 5.32 Å². The Kier molecular flexibility index (Phi) is 5.49. The summed E-state index contributed by atoms with van der Waals surface area (Å²) in [5.74, 6) is 0.440. The zero-order valence-corrected chi connectivity index (χ0v) is 19.7. The summed E-state index contributed by atoms with van der Waals surface area (Å²) < 4.78 is 27.6. The minimum absolute atomic E-state index is 0.113. The van der Waals surface area contributed by atoms with E-state index in [4.69, 9.17) is 0 Å². The van der Waals surface area contributed by atoms with Crippen molar-refractivity contribution in [2.45, 2.75) is 50.0 Å². The molecule has 1 heterocycles. The molecule has 6 heteroatoms. The number of carbonyl (C=O) groups is 1. The smallest absolute Gasteiger partial charge is 0.264 e. The van der Waals surface area contributed by atoms with Crippen LogP contribution in [0.3, 0.4) is 0 Å². The Morgan fingerprint density at radius 1 is 0.970 bits per heavy atom. The van der Waals surface area contributed by atoms with E-state index in [1.54, 1.807) is 37.3 Å². The molecule has 2 aliphatic rings. The van der Waals surface area contributed by atoms with Crippen molar-refractivity contribution < 1.29 is 13.2 Å². The van der Waals surface area contributed by atoms with Gasteiger partial charge in [0, 0.05) is 11.3 Å². The summed E-state index contributed by atoms with van der Waals surface area (Å²) in [4.78, 5) is 12.8.